The van der Waals surface area contributed by atoms with Crippen LogP contribution in [0.3, 0.4) is 0 Å². The lowest BCUT2D eigenvalue weighted by Crippen LogP contribution is -2.46. The van der Waals surface area contributed by atoms with Crippen LogP contribution >= 0.6 is 0 Å². The van der Waals surface area contributed by atoms with Crippen molar-refractivity contribution >= 4 is 5.91 Å². The van der Waals surface area contributed by atoms with E-state index in [1.54, 1.807) is 6.92 Å². The first kappa shape index (κ1) is 13.2. The maximum absolute atomic E-state index is 11.2. The highest BCUT2D eigenvalue weighted by molar-refractivity contribution is 5.73. The number of likely N-dealkylation sites (tertiary alicyclic amines) is 1. The summed E-state index contributed by atoms with van der Waals surface area (Å²) in [7, 11) is 0. The summed E-state index contributed by atoms with van der Waals surface area (Å²) in [6, 6.07) is 1.13. The largest absolute Gasteiger partial charge is 0.343 e. The van der Waals surface area contributed by atoms with E-state index in [-0.39, 0.29) is 5.91 Å². The quantitative estimate of drug-likeness (QED) is 0.724. The molecule has 0 saturated carbocycles. The summed E-state index contributed by atoms with van der Waals surface area (Å²) in [4.78, 5) is 13.1. The molecule has 0 aromatic carbocycles. The molecule has 1 fully saturated rings. The van der Waals surface area contributed by atoms with E-state index in [2.05, 4.69) is 18.8 Å². The van der Waals surface area contributed by atoms with Crippen LogP contribution in [0.5, 0.6) is 0 Å². The summed E-state index contributed by atoms with van der Waals surface area (Å²) < 4.78 is 0. The molecule has 1 rings (SSSR count). The van der Waals surface area contributed by atoms with Crippen LogP contribution in [0.15, 0.2) is 12.7 Å². The van der Waals surface area contributed by atoms with Crippen molar-refractivity contribution in [3.8, 4) is 0 Å². The highest BCUT2D eigenvalue weighted by Gasteiger charge is 2.21. The zero-order chi connectivity index (χ0) is 12.0. The number of allylic oxidation sites excluding steroid dienone is 1. The van der Waals surface area contributed by atoms with E-state index in [1.807, 2.05) is 11.0 Å². The Hall–Kier alpha value is -0.830. The Labute approximate surface area is 98.9 Å². The van der Waals surface area contributed by atoms with Gasteiger partial charge in [-0.1, -0.05) is 6.08 Å². The first-order valence-corrected chi connectivity index (χ1v) is 6.26. The van der Waals surface area contributed by atoms with Gasteiger partial charge in [0.2, 0.25) is 5.91 Å². The van der Waals surface area contributed by atoms with Crippen LogP contribution < -0.4 is 5.32 Å². The molecule has 1 N–H and O–H groups in total. The monoisotopic (exact) mass is 224 g/mol. The van der Waals surface area contributed by atoms with Crippen molar-refractivity contribution in [2.24, 2.45) is 0 Å². The number of hydrogen-bond donors (Lipinski definition) is 1. The molecule has 0 aromatic heterocycles. The van der Waals surface area contributed by atoms with E-state index in [0.717, 1.165) is 38.8 Å². The second-order valence-corrected chi connectivity index (χ2v) is 4.71. The molecule has 3 nitrogen and oxygen atoms in total. The van der Waals surface area contributed by atoms with Crippen molar-refractivity contribution in [3.63, 3.8) is 0 Å². The Morgan fingerprint density at radius 2 is 2.19 bits per heavy atom. The van der Waals surface area contributed by atoms with Crippen LogP contribution in [0.1, 0.15) is 39.5 Å². The van der Waals surface area contributed by atoms with Gasteiger partial charge in [-0.2, -0.15) is 0 Å². The normalized spacial score (nSPS) is 19.5. The van der Waals surface area contributed by atoms with Crippen LogP contribution in [0.25, 0.3) is 0 Å². The molecule has 1 saturated heterocycles. The molecule has 0 bridgehead atoms. The van der Waals surface area contributed by atoms with Crippen molar-refractivity contribution in [1.29, 1.82) is 0 Å². The van der Waals surface area contributed by atoms with Gasteiger partial charge >= 0.3 is 0 Å². The van der Waals surface area contributed by atoms with Gasteiger partial charge in [0, 0.05) is 32.1 Å². The van der Waals surface area contributed by atoms with Crippen LogP contribution in [0.4, 0.5) is 0 Å². The van der Waals surface area contributed by atoms with Crippen molar-refractivity contribution in [1.82, 2.24) is 10.2 Å². The second kappa shape index (κ2) is 6.69. The predicted molar refractivity (Wildman–Crippen MR) is 67.3 cm³/mol. The summed E-state index contributed by atoms with van der Waals surface area (Å²) in [5, 5.41) is 3.63. The SMILES string of the molecule is C=CCCC(C)NC1CCN(C(C)=O)CC1. The van der Waals surface area contributed by atoms with Gasteiger partial charge in [0.15, 0.2) is 0 Å². The number of carbonyl (C=O) groups is 1. The van der Waals surface area contributed by atoms with Gasteiger partial charge in [0.05, 0.1) is 0 Å². The standard InChI is InChI=1S/C13H24N2O/c1-4-5-6-11(2)14-13-7-9-15(10-8-13)12(3)16/h4,11,13-14H,1,5-10H2,2-3H3. The molecular weight excluding hydrogens is 200 g/mol. The second-order valence-electron chi connectivity index (χ2n) is 4.71. The number of rotatable bonds is 5. The zero-order valence-electron chi connectivity index (χ0n) is 10.5. The third kappa shape index (κ3) is 4.35. The van der Waals surface area contributed by atoms with Gasteiger partial charge in [-0.05, 0) is 32.6 Å². The highest BCUT2D eigenvalue weighted by Crippen LogP contribution is 2.12. The summed E-state index contributed by atoms with van der Waals surface area (Å²) in [6.45, 7) is 9.42. The van der Waals surface area contributed by atoms with Crippen molar-refractivity contribution in [3.05, 3.63) is 12.7 Å². The molecule has 0 radical (unpaired) electrons. The number of nitrogens with zero attached hydrogens (tertiary/aromatic N) is 1. The topological polar surface area (TPSA) is 32.3 Å². The van der Waals surface area contributed by atoms with Gasteiger partial charge in [-0.25, -0.2) is 0 Å². The Morgan fingerprint density at radius 3 is 2.69 bits per heavy atom. The molecule has 1 atom stereocenters. The Kier molecular flexibility index (Phi) is 5.53. The summed E-state index contributed by atoms with van der Waals surface area (Å²) >= 11 is 0. The first-order chi connectivity index (χ1) is 7.63. The molecule has 16 heavy (non-hydrogen) atoms. The average molecular weight is 224 g/mol. The average Bonchev–Trinajstić information content (AvgIpc) is 2.27. The van der Waals surface area contributed by atoms with E-state index in [0.29, 0.717) is 12.1 Å². The van der Waals surface area contributed by atoms with Crippen molar-refractivity contribution in [2.75, 3.05) is 13.1 Å². The van der Waals surface area contributed by atoms with Crippen LogP contribution in [0.2, 0.25) is 0 Å². The maximum Gasteiger partial charge on any atom is 0.219 e. The fourth-order valence-electron chi connectivity index (χ4n) is 2.21. The van der Waals surface area contributed by atoms with E-state index >= 15 is 0 Å². The van der Waals surface area contributed by atoms with Crippen molar-refractivity contribution in [2.45, 2.75) is 51.6 Å². The van der Waals surface area contributed by atoms with E-state index in [4.69, 9.17) is 0 Å². The zero-order valence-corrected chi connectivity index (χ0v) is 10.5. The summed E-state index contributed by atoms with van der Waals surface area (Å²) in [6.07, 6.45) is 6.35. The Morgan fingerprint density at radius 1 is 1.56 bits per heavy atom. The smallest absolute Gasteiger partial charge is 0.219 e. The number of amides is 1. The number of piperidine rings is 1. The first-order valence-electron chi connectivity index (χ1n) is 6.26. The molecule has 1 aliphatic rings. The molecule has 92 valence electrons. The van der Waals surface area contributed by atoms with Gasteiger partial charge in [0.25, 0.3) is 0 Å². The van der Waals surface area contributed by atoms with Crippen LogP contribution in [-0.2, 0) is 4.79 Å². The third-order valence-corrected chi connectivity index (χ3v) is 3.26. The molecule has 3 heteroatoms. The number of carbonyl (C=O) groups excluding carboxylic acids is 1. The molecule has 1 unspecified atom stereocenters. The Bertz CT molecular complexity index is 232. The fourth-order valence-corrected chi connectivity index (χ4v) is 2.21. The van der Waals surface area contributed by atoms with Gasteiger partial charge in [0.1, 0.15) is 0 Å². The summed E-state index contributed by atoms with van der Waals surface area (Å²) in [5.41, 5.74) is 0. The predicted octanol–water partition coefficient (Wildman–Crippen LogP) is 1.94. The van der Waals surface area contributed by atoms with Crippen LogP contribution in [-0.4, -0.2) is 36.0 Å². The lowest BCUT2D eigenvalue weighted by atomic mass is 10.0. The van der Waals surface area contributed by atoms with E-state index < -0.39 is 0 Å². The number of hydrogen-bond acceptors (Lipinski definition) is 2. The molecule has 1 aliphatic heterocycles. The van der Waals surface area contributed by atoms with Gasteiger partial charge < -0.3 is 10.2 Å². The van der Waals surface area contributed by atoms with Crippen LogP contribution in [0, 0.1) is 0 Å². The van der Waals surface area contributed by atoms with E-state index in [9.17, 15) is 4.79 Å². The minimum absolute atomic E-state index is 0.207. The molecule has 1 heterocycles. The molecule has 1 amide bonds. The van der Waals surface area contributed by atoms with Crippen molar-refractivity contribution < 1.29 is 4.79 Å². The van der Waals surface area contributed by atoms with Gasteiger partial charge in [-0.3, -0.25) is 4.79 Å². The minimum Gasteiger partial charge on any atom is -0.343 e. The minimum atomic E-state index is 0.207. The molecular formula is C13H24N2O. The molecule has 0 aliphatic carbocycles. The molecule has 0 spiro atoms. The maximum atomic E-state index is 11.2. The molecule has 0 aromatic rings. The summed E-state index contributed by atoms with van der Waals surface area (Å²) in [5.74, 6) is 0.207. The third-order valence-electron chi connectivity index (χ3n) is 3.26. The number of nitrogens with one attached hydrogen (secondary N) is 1. The van der Waals surface area contributed by atoms with Gasteiger partial charge in [-0.15, -0.1) is 6.58 Å². The highest BCUT2D eigenvalue weighted by atomic mass is 16.2. The van der Waals surface area contributed by atoms with E-state index in [1.165, 1.54) is 0 Å². The lowest BCUT2D eigenvalue weighted by molar-refractivity contribution is -0.129. The lowest BCUT2D eigenvalue weighted by Gasteiger charge is -2.33. The Balaban J connectivity index is 2.21. The fraction of sp³-hybridized carbons (Fsp3) is 0.769.